The molecule has 0 aliphatic heterocycles. The molecule has 6 nitrogen and oxygen atoms in total. The SMILES string of the molecule is COc1ccc(N(C(=O)c2cccc(OCC(=O)O)c2)C(C)C2CC2)cc1. The number of nitrogens with zero attached hydrogens (tertiary/aromatic N) is 1. The normalized spacial score (nSPS) is 14.3. The van der Waals surface area contributed by atoms with Crippen LogP contribution in [0.5, 0.6) is 11.5 Å². The van der Waals surface area contributed by atoms with Crippen LogP contribution in [0.1, 0.15) is 30.1 Å². The predicted octanol–water partition coefficient (Wildman–Crippen LogP) is 3.60. The van der Waals surface area contributed by atoms with E-state index in [-0.39, 0.29) is 11.9 Å². The molecule has 0 radical (unpaired) electrons. The van der Waals surface area contributed by atoms with Crippen molar-refractivity contribution in [3.63, 3.8) is 0 Å². The molecule has 1 atom stereocenters. The van der Waals surface area contributed by atoms with Crippen molar-refractivity contribution >= 4 is 17.6 Å². The van der Waals surface area contributed by atoms with Gasteiger partial charge in [-0.1, -0.05) is 6.07 Å². The molecule has 3 rings (SSSR count). The van der Waals surface area contributed by atoms with Crippen LogP contribution >= 0.6 is 0 Å². The lowest BCUT2D eigenvalue weighted by atomic mass is 10.1. The molecule has 142 valence electrons. The van der Waals surface area contributed by atoms with Crippen LogP contribution in [0, 0.1) is 5.92 Å². The molecule has 0 bridgehead atoms. The van der Waals surface area contributed by atoms with Crippen LogP contribution in [-0.4, -0.2) is 36.7 Å². The van der Waals surface area contributed by atoms with Crippen molar-refractivity contribution in [2.75, 3.05) is 18.6 Å². The number of aliphatic carboxylic acids is 1. The fraction of sp³-hybridized carbons (Fsp3) is 0.333. The molecule has 0 saturated heterocycles. The van der Waals surface area contributed by atoms with Gasteiger partial charge in [-0.25, -0.2) is 4.79 Å². The van der Waals surface area contributed by atoms with Gasteiger partial charge in [0, 0.05) is 17.3 Å². The summed E-state index contributed by atoms with van der Waals surface area (Å²) in [5.41, 5.74) is 1.26. The number of carboxylic acid groups (broad SMARTS) is 1. The largest absolute Gasteiger partial charge is 0.497 e. The Bertz CT molecular complexity index is 814. The number of amides is 1. The van der Waals surface area contributed by atoms with Crippen molar-refractivity contribution < 1.29 is 24.2 Å². The van der Waals surface area contributed by atoms with E-state index in [9.17, 15) is 9.59 Å². The van der Waals surface area contributed by atoms with Crippen molar-refractivity contribution in [2.45, 2.75) is 25.8 Å². The van der Waals surface area contributed by atoms with E-state index < -0.39 is 12.6 Å². The van der Waals surface area contributed by atoms with Gasteiger partial charge in [0.25, 0.3) is 5.91 Å². The average Bonchev–Trinajstić information content (AvgIpc) is 3.52. The molecule has 1 aliphatic rings. The third-order valence-corrected chi connectivity index (χ3v) is 4.72. The lowest BCUT2D eigenvalue weighted by Crippen LogP contribution is -2.40. The summed E-state index contributed by atoms with van der Waals surface area (Å²) in [6.07, 6.45) is 2.23. The molecule has 0 heterocycles. The van der Waals surface area contributed by atoms with Gasteiger partial charge in [0.2, 0.25) is 0 Å². The minimum absolute atomic E-state index is 0.0643. The molecule has 27 heavy (non-hydrogen) atoms. The number of benzene rings is 2. The van der Waals surface area contributed by atoms with Gasteiger partial charge in [-0.3, -0.25) is 4.79 Å². The Kier molecular flexibility index (Phi) is 5.64. The molecule has 1 N–H and O–H groups in total. The van der Waals surface area contributed by atoms with E-state index in [1.54, 1.807) is 36.3 Å². The van der Waals surface area contributed by atoms with Crippen LogP contribution in [0.3, 0.4) is 0 Å². The van der Waals surface area contributed by atoms with Gasteiger partial charge in [0.15, 0.2) is 6.61 Å². The maximum Gasteiger partial charge on any atom is 0.341 e. The van der Waals surface area contributed by atoms with Crippen molar-refractivity contribution in [3.8, 4) is 11.5 Å². The van der Waals surface area contributed by atoms with Crippen LogP contribution in [0.25, 0.3) is 0 Å². The van der Waals surface area contributed by atoms with E-state index in [1.807, 2.05) is 24.3 Å². The summed E-state index contributed by atoms with van der Waals surface area (Å²) in [6.45, 7) is 1.61. The Labute approximate surface area is 158 Å². The van der Waals surface area contributed by atoms with Gasteiger partial charge >= 0.3 is 5.97 Å². The van der Waals surface area contributed by atoms with Gasteiger partial charge in [0.1, 0.15) is 11.5 Å². The highest BCUT2D eigenvalue weighted by molar-refractivity contribution is 6.06. The first-order valence-corrected chi connectivity index (χ1v) is 8.92. The van der Waals surface area contributed by atoms with Crippen molar-refractivity contribution in [3.05, 3.63) is 54.1 Å². The zero-order chi connectivity index (χ0) is 19.4. The molecule has 0 aromatic heterocycles. The highest BCUT2D eigenvalue weighted by Gasteiger charge is 2.35. The Morgan fingerprint density at radius 2 is 1.85 bits per heavy atom. The van der Waals surface area contributed by atoms with Crippen LogP contribution in [0.4, 0.5) is 5.69 Å². The fourth-order valence-corrected chi connectivity index (χ4v) is 3.07. The molecule has 6 heteroatoms. The van der Waals surface area contributed by atoms with E-state index >= 15 is 0 Å². The van der Waals surface area contributed by atoms with Crippen molar-refractivity contribution in [1.82, 2.24) is 0 Å². The van der Waals surface area contributed by atoms with Gasteiger partial charge in [-0.05, 0) is 68.1 Å². The summed E-state index contributed by atoms with van der Waals surface area (Å²) in [4.78, 5) is 25.8. The number of carbonyl (C=O) groups excluding carboxylic acids is 1. The number of hydrogen-bond acceptors (Lipinski definition) is 4. The second-order valence-corrected chi connectivity index (χ2v) is 6.66. The number of carbonyl (C=O) groups is 2. The monoisotopic (exact) mass is 369 g/mol. The van der Waals surface area contributed by atoms with E-state index in [0.29, 0.717) is 17.2 Å². The number of hydrogen-bond donors (Lipinski definition) is 1. The Morgan fingerprint density at radius 1 is 1.15 bits per heavy atom. The lowest BCUT2D eigenvalue weighted by Gasteiger charge is -2.30. The Hall–Kier alpha value is -3.02. The first kappa shape index (κ1) is 18.8. The summed E-state index contributed by atoms with van der Waals surface area (Å²) in [5, 5.41) is 8.76. The van der Waals surface area contributed by atoms with Crippen molar-refractivity contribution in [1.29, 1.82) is 0 Å². The number of methoxy groups -OCH3 is 1. The standard InChI is InChI=1S/C21H23NO5/c1-14(15-6-7-15)22(17-8-10-18(26-2)11-9-17)21(25)16-4-3-5-19(12-16)27-13-20(23)24/h3-5,8-12,14-15H,6-7,13H2,1-2H3,(H,23,24). The molecule has 1 fully saturated rings. The summed E-state index contributed by atoms with van der Waals surface area (Å²) < 4.78 is 10.4. The molecule has 1 amide bonds. The highest BCUT2D eigenvalue weighted by Crippen LogP contribution is 2.38. The third kappa shape index (κ3) is 4.58. The quantitative estimate of drug-likeness (QED) is 0.769. The minimum Gasteiger partial charge on any atom is -0.497 e. The maximum atomic E-state index is 13.3. The predicted molar refractivity (Wildman–Crippen MR) is 102 cm³/mol. The van der Waals surface area contributed by atoms with Crippen LogP contribution < -0.4 is 14.4 Å². The average molecular weight is 369 g/mol. The molecule has 1 saturated carbocycles. The van der Waals surface area contributed by atoms with E-state index in [1.165, 1.54) is 0 Å². The molecule has 0 spiro atoms. The van der Waals surface area contributed by atoms with Gasteiger partial charge in [-0.15, -0.1) is 0 Å². The third-order valence-electron chi connectivity index (χ3n) is 4.72. The van der Waals surface area contributed by atoms with Crippen molar-refractivity contribution in [2.24, 2.45) is 5.92 Å². The number of rotatable bonds is 8. The van der Waals surface area contributed by atoms with E-state index in [0.717, 1.165) is 24.3 Å². The number of anilines is 1. The molecular weight excluding hydrogens is 346 g/mol. The lowest BCUT2D eigenvalue weighted by molar-refractivity contribution is -0.139. The van der Waals surface area contributed by atoms with E-state index in [4.69, 9.17) is 14.6 Å². The molecule has 2 aromatic rings. The summed E-state index contributed by atoms with van der Waals surface area (Å²) in [6, 6.07) is 14.1. The second-order valence-electron chi connectivity index (χ2n) is 6.66. The molecule has 1 unspecified atom stereocenters. The Balaban J connectivity index is 1.88. The van der Waals surface area contributed by atoms with Gasteiger partial charge < -0.3 is 19.5 Å². The topological polar surface area (TPSA) is 76.1 Å². The minimum atomic E-state index is -1.06. The first-order valence-electron chi connectivity index (χ1n) is 8.92. The summed E-state index contributed by atoms with van der Waals surface area (Å²) in [7, 11) is 1.60. The summed E-state index contributed by atoms with van der Waals surface area (Å²) in [5.74, 6) is 0.378. The maximum absolute atomic E-state index is 13.3. The number of ether oxygens (including phenoxy) is 2. The van der Waals surface area contributed by atoms with Gasteiger partial charge in [0.05, 0.1) is 7.11 Å². The zero-order valence-corrected chi connectivity index (χ0v) is 15.4. The van der Waals surface area contributed by atoms with Crippen LogP contribution in [0.15, 0.2) is 48.5 Å². The fourth-order valence-electron chi connectivity index (χ4n) is 3.07. The second kappa shape index (κ2) is 8.12. The van der Waals surface area contributed by atoms with Crippen LogP contribution in [-0.2, 0) is 4.79 Å². The highest BCUT2D eigenvalue weighted by atomic mass is 16.5. The number of carboxylic acids is 1. The molecule has 1 aliphatic carbocycles. The molecule has 2 aromatic carbocycles. The zero-order valence-electron chi connectivity index (χ0n) is 15.4. The Morgan fingerprint density at radius 3 is 2.44 bits per heavy atom. The first-order chi connectivity index (χ1) is 13.0. The van der Waals surface area contributed by atoms with E-state index in [2.05, 4.69) is 6.92 Å². The van der Waals surface area contributed by atoms with Crippen LogP contribution in [0.2, 0.25) is 0 Å². The summed E-state index contributed by atoms with van der Waals surface area (Å²) >= 11 is 0. The molecular formula is C21H23NO5. The smallest absolute Gasteiger partial charge is 0.341 e. The van der Waals surface area contributed by atoms with Gasteiger partial charge in [-0.2, -0.15) is 0 Å².